The molecule has 0 aromatic carbocycles. The predicted molar refractivity (Wildman–Crippen MR) is 59.5 cm³/mol. The van der Waals surface area contributed by atoms with Gasteiger partial charge in [0.1, 0.15) is 6.10 Å². The molecular weight excluding hydrogens is 192 g/mol. The molecule has 1 N–H and O–H groups in total. The SMILES string of the molecule is CCCCCNCN1CC(OC(C)=O)C1. The average Bonchev–Trinajstić information content (AvgIpc) is 2.12. The maximum absolute atomic E-state index is 10.6. The van der Waals surface area contributed by atoms with E-state index in [0.29, 0.717) is 0 Å². The summed E-state index contributed by atoms with van der Waals surface area (Å²) in [6, 6.07) is 0. The van der Waals surface area contributed by atoms with Crippen molar-refractivity contribution < 1.29 is 9.53 Å². The van der Waals surface area contributed by atoms with Gasteiger partial charge in [0.05, 0.1) is 0 Å². The summed E-state index contributed by atoms with van der Waals surface area (Å²) in [7, 11) is 0. The summed E-state index contributed by atoms with van der Waals surface area (Å²) < 4.78 is 5.05. The van der Waals surface area contributed by atoms with Crippen LogP contribution >= 0.6 is 0 Å². The van der Waals surface area contributed by atoms with Crippen molar-refractivity contribution in [1.82, 2.24) is 10.2 Å². The summed E-state index contributed by atoms with van der Waals surface area (Å²) in [6.45, 7) is 7.43. The first-order valence-electron chi connectivity index (χ1n) is 5.82. The molecule has 0 unspecified atom stereocenters. The highest BCUT2D eigenvalue weighted by atomic mass is 16.5. The Hall–Kier alpha value is -0.610. The largest absolute Gasteiger partial charge is 0.460 e. The van der Waals surface area contributed by atoms with Gasteiger partial charge in [-0.2, -0.15) is 0 Å². The number of carbonyl (C=O) groups excluding carboxylic acids is 1. The molecule has 15 heavy (non-hydrogen) atoms. The van der Waals surface area contributed by atoms with Gasteiger partial charge in [0, 0.05) is 26.7 Å². The van der Waals surface area contributed by atoms with Gasteiger partial charge in [-0.05, 0) is 13.0 Å². The number of unbranched alkanes of at least 4 members (excludes halogenated alkanes) is 2. The van der Waals surface area contributed by atoms with E-state index in [-0.39, 0.29) is 12.1 Å². The molecule has 4 heteroatoms. The van der Waals surface area contributed by atoms with Crippen LogP contribution in [-0.4, -0.2) is 43.3 Å². The Kier molecular flexibility index (Phi) is 5.65. The summed E-state index contributed by atoms with van der Waals surface area (Å²) in [5, 5.41) is 3.38. The summed E-state index contributed by atoms with van der Waals surface area (Å²) >= 11 is 0. The van der Waals surface area contributed by atoms with E-state index >= 15 is 0 Å². The van der Waals surface area contributed by atoms with Crippen LogP contribution in [0.1, 0.15) is 33.1 Å². The minimum Gasteiger partial charge on any atom is -0.460 e. The highest BCUT2D eigenvalue weighted by Gasteiger charge is 2.28. The monoisotopic (exact) mass is 214 g/mol. The van der Waals surface area contributed by atoms with Crippen LogP contribution in [0.4, 0.5) is 0 Å². The normalized spacial score (nSPS) is 17.5. The minimum atomic E-state index is -0.171. The van der Waals surface area contributed by atoms with Crippen LogP contribution in [0.15, 0.2) is 0 Å². The number of likely N-dealkylation sites (tertiary alicyclic amines) is 1. The van der Waals surface area contributed by atoms with Gasteiger partial charge in [0.2, 0.25) is 0 Å². The Bertz CT molecular complexity index is 191. The van der Waals surface area contributed by atoms with Gasteiger partial charge in [0.15, 0.2) is 0 Å². The second-order valence-electron chi connectivity index (χ2n) is 4.13. The molecule has 0 amide bonds. The minimum absolute atomic E-state index is 0.125. The third-order valence-corrected chi connectivity index (χ3v) is 2.55. The molecule has 1 heterocycles. The highest BCUT2D eigenvalue weighted by Crippen LogP contribution is 2.09. The van der Waals surface area contributed by atoms with Gasteiger partial charge in [0.25, 0.3) is 0 Å². The van der Waals surface area contributed by atoms with Gasteiger partial charge in [-0.1, -0.05) is 19.8 Å². The van der Waals surface area contributed by atoms with Crippen LogP contribution in [0, 0.1) is 0 Å². The van der Waals surface area contributed by atoms with Crippen LogP contribution < -0.4 is 5.32 Å². The average molecular weight is 214 g/mol. The molecule has 0 saturated carbocycles. The van der Waals surface area contributed by atoms with Crippen molar-refractivity contribution in [2.75, 3.05) is 26.3 Å². The maximum atomic E-state index is 10.6. The fourth-order valence-corrected chi connectivity index (χ4v) is 1.70. The lowest BCUT2D eigenvalue weighted by molar-refractivity contribution is -0.154. The van der Waals surface area contributed by atoms with Gasteiger partial charge < -0.3 is 10.1 Å². The Balaban J connectivity index is 1.87. The lowest BCUT2D eigenvalue weighted by atomic mass is 10.2. The molecule has 1 aliphatic heterocycles. The Morgan fingerprint density at radius 2 is 2.20 bits per heavy atom. The molecular formula is C11H22N2O2. The van der Waals surface area contributed by atoms with Crippen molar-refractivity contribution >= 4 is 5.97 Å². The Labute approximate surface area is 92.0 Å². The van der Waals surface area contributed by atoms with Crippen molar-refractivity contribution in [2.45, 2.75) is 39.2 Å². The van der Waals surface area contributed by atoms with Crippen LogP contribution in [0.3, 0.4) is 0 Å². The summed E-state index contributed by atoms with van der Waals surface area (Å²) in [6.07, 6.45) is 3.93. The third kappa shape index (κ3) is 5.14. The number of ether oxygens (including phenoxy) is 1. The van der Waals surface area contributed by atoms with Crippen molar-refractivity contribution in [3.8, 4) is 0 Å². The first kappa shape index (κ1) is 12.5. The topological polar surface area (TPSA) is 41.6 Å². The highest BCUT2D eigenvalue weighted by molar-refractivity contribution is 5.66. The smallest absolute Gasteiger partial charge is 0.302 e. The lowest BCUT2D eigenvalue weighted by Gasteiger charge is -2.38. The van der Waals surface area contributed by atoms with Crippen molar-refractivity contribution in [2.24, 2.45) is 0 Å². The second-order valence-corrected chi connectivity index (χ2v) is 4.13. The molecule has 1 saturated heterocycles. The number of hydrogen-bond acceptors (Lipinski definition) is 4. The van der Waals surface area contributed by atoms with Crippen LogP contribution in [0.5, 0.6) is 0 Å². The molecule has 1 aliphatic rings. The van der Waals surface area contributed by atoms with Crippen LogP contribution in [0.25, 0.3) is 0 Å². The molecule has 0 radical (unpaired) electrons. The standard InChI is InChI=1S/C11H22N2O2/c1-3-4-5-6-12-9-13-7-11(8-13)15-10(2)14/h11-12H,3-9H2,1-2H3. The van der Waals surface area contributed by atoms with E-state index in [1.54, 1.807) is 0 Å². The zero-order valence-electron chi connectivity index (χ0n) is 9.79. The number of nitrogens with zero attached hydrogens (tertiary/aromatic N) is 1. The molecule has 88 valence electrons. The van der Waals surface area contributed by atoms with E-state index in [1.165, 1.54) is 26.2 Å². The molecule has 0 aromatic rings. The zero-order valence-corrected chi connectivity index (χ0v) is 9.79. The summed E-state index contributed by atoms with van der Waals surface area (Å²) in [4.78, 5) is 12.9. The van der Waals surface area contributed by atoms with Crippen molar-refractivity contribution in [3.63, 3.8) is 0 Å². The summed E-state index contributed by atoms with van der Waals surface area (Å²) in [5.41, 5.74) is 0. The van der Waals surface area contributed by atoms with Crippen LogP contribution in [-0.2, 0) is 9.53 Å². The molecule has 0 atom stereocenters. The Morgan fingerprint density at radius 1 is 1.47 bits per heavy atom. The number of rotatable bonds is 7. The van der Waals surface area contributed by atoms with Crippen molar-refractivity contribution in [3.05, 3.63) is 0 Å². The van der Waals surface area contributed by atoms with Gasteiger partial charge >= 0.3 is 5.97 Å². The number of hydrogen-bond donors (Lipinski definition) is 1. The number of esters is 1. The van der Waals surface area contributed by atoms with E-state index in [2.05, 4.69) is 17.1 Å². The zero-order chi connectivity index (χ0) is 11.1. The van der Waals surface area contributed by atoms with E-state index < -0.39 is 0 Å². The summed E-state index contributed by atoms with van der Waals surface area (Å²) in [5.74, 6) is -0.171. The van der Waals surface area contributed by atoms with E-state index in [9.17, 15) is 4.79 Å². The molecule has 0 spiro atoms. The third-order valence-electron chi connectivity index (χ3n) is 2.55. The molecule has 4 nitrogen and oxygen atoms in total. The first-order valence-corrected chi connectivity index (χ1v) is 5.82. The fraction of sp³-hybridized carbons (Fsp3) is 0.909. The molecule has 0 aliphatic carbocycles. The Morgan fingerprint density at radius 3 is 2.80 bits per heavy atom. The van der Waals surface area contributed by atoms with Crippen molar-refractivity contribution in [1.29, 1.82) is 0 Å². The van der Waals surface area contributed by atoms with Gasteiger partial charge in [-0.15, -0.1) is 0 Å². The van der Waals surface area contributed by atoms with E-state index in [0.717, 1.165) is 26.3 Å². The fourth-order valence-electron chi connectivity index (χ4n) is 1.70. The lowest BCUT2D eigenvalue weighted by Crippen LogP contribution is -2.55. The van der Waals surface area contributed by atoms with E-state index in [4.69, 9.17) is 4.74 Å². The van der Waals surface area contributed by atoms with Gasteiger partial charge in [-0.25, -0.2) is 0 Å². The molecule has 0 aromatic heterocycles. The maximum Gasteiger partial charge on any atom is 0.302 e. The van der Waals surface area contributed by atoms with Gasteiger partial charge in [-0.3, -0.25) is 9.69 Å². The quantitative estimate of drug-likeness (QED) is 0.506. The van der Waals surface area contributed by atoms with E-state index in [1.807, 2.05) is 0 Å². The molecule has 1 rings (SSSR count). The predicted octanol–water partition coefficient (Wildman–Crippen LogP) is 0.971. The first-order chi connectivity index (χ1) is 7.22. The van der Waals surface area contributed by atoms with Crippen LogP contribution in [0.2, 0.25) is 0 Å². The molecule has 0 bridgehead atoms. The number of nitrogens with one attached hydrogen (secondary N) is 1. The number of carbonyl (C=O) groups is 1. The second kappa shape index (κ2) is 6.80. The molecule has 1 fully saturated rings.